The molecule has 6 aromatic carbocycles. The van der Waals surface area contributed by atoms with Crippen LogP contribution in [0.1, 0.15) is 110 Å². The zero-order valence-corrected chi connectivity index (χ0v) is 37.2. The van der Waals surface area contributed by atoms with Gasteiger partial charge in [0.05, 0.1) is 45.7 Å². The topological polar surface area (TPSA) is 35.1 Å². The Bertz CT molecular complexity index is 3800. The summed E-state index contributed by atoms with van der Waals surface area (Å²) in [5.41, 5.74) is 18.8. The molecule has 0 N–H and O–H groups in total. The number of aromatic nitrogens is 4. The third kappa shape index (κ3) is 4.52. The van der Waals surface area contributed by atoms with Crippen molar-refractivity contribution < 1.29 is 0 Å². The van der Waals surface area contributed by atoms with Gasteiger partial charge in [0.1, 0.15) is 0 Å². The molecule has 19 rings (SSSR count). The van der Waals surface area contributed by atoms with Gasteiger partial charge < -0.3 is 8.97 Å². The van der Waals surface area contributed by atoms with Crippen molar-refractivity contribution in [1.82, 2.24) is 18.9 Å². The molecule has 11 aromatic rings. The van der Waals surface area contributed by atoms with Crippen molar-refractivity contribution >= 4 is 70.7 Å². The van der Waals surface area contributed by atoms with E-state index in [-0.39, 0.29) is 0 Å². The third-order valence-electron chi connectivity index (χ3n) is 18.7. The van der Waals surface area contributed by atoms with Gasteiger partial charge in [-0.05, 0) is 145 Å². The third-order valence-corrected chi connectivity index (χ3v) is 18.7. The molecule has 0 radical (unpaired) electrons. The summed E-state index contributed by atoms with van der Waals surface area (Å²) in [4.78, 5) is 11.3. The number of hydrogen-bond acceptors (Lipinski definition) is 2. The largest absolute Gasteiger partial charge is 0.307 e. The predicted octanol–water partition coefficient (Wildman–Crippen LogP) is 16.0. The normalized spacial score (nSPS) is 26.2. The second-order valence-electron chi connectivity index (χ2n) is 22.1. The van der Waals surface area contributed by atoms with Crippen LogP contribution in [0, 0.1) is 23.7 Å². The Labute approximate surface area is 383 Å². The van der Waals surface area contributed by atoms with Crippen molar-refractivity contribution in [2.75, 3.05) is 0 Å². The molecule has 4 heteroatoms. The van der Waals surface area contributed by atoms with E-state index in [2.05, 4.69) is 143 Å². The minimum atomic E-state index is 0.532. The lowest BCUT2D eigenvalue weighted by molar-refractivity contribution is 0.165. The maximum Gasteiger partial charge on any atom is 0.0729 e. The van der Waals surface area contributed by atoms with Crippen LogP contribution in [0.5, 0.6) is 0 Å². The molecule has 0 amide bonds. The van der Waals surface area contributed by atoms with Crippen LogP contribution in [0.4, 0.5) is 0 Å². The highest BCUT2D eigenvalue weighted by molar-refractivity contribution is 6.36. The molecule has 4 nitrogen and oxygen atoms in total. The van der Waals surface area contributed by atoms with Crippen molar-refractivity contribution in [3.05, 3.63) is 156 Å². The van der Waals surface area contributed by atoms with Gasteiger partial charge >= 0.3 is 0 Å². The van der Waals surface area contributed by atoms with Gasteiger partial charge in [0.25, 0.3) is 0 Å². The minimum Gasteiger partial charge on any atom is -0.307 e. The van der Waals surface area contributed by atoms with Gasteiger partial charge in [-0.2, -0.15) is 0 Å². The first kappa shape index (κ1) is 35.7. The smallest absolute Gasteiger partial charge is 0.0729 e. The van der Waals surface area contributed by atoms with Crippen LogP contribution >= 0.6 is 0 Å². The Morgan fingerprint density at radius 1 is 0.394 bits per heavy atom. The van der Waals surface area contributed by atoms with Crippen LogP contribution in [0.3, 0.4) is 0 Å². The Morgan fingerprint density at radius 2 is 0.924 bits per heavy atom. The summed E-state index contributed by atoms with van der Waals surface area (Å²) in [5.74, 6) is 5.51. The fraction of sp³-hybridized carbons (Fsp3) is 0.290. The Morgan fingerprint density at radius 3 is 1.53 bits per heavy atom. The molecule has 4 atom stereocenters. The predicted molar refractivity (Wildman–Crippen MR) is 271 cm³/mol. The second-order valence-corrected chi connectivity index (χ2v) is 22.1. The van der Waals surface area contributed by atoms with Crippen LogP contribution in [0.25, 0.3) is 98.6 Å². The number of fused-ring (bicyclic) bond motifs is 9. The summed E-state index contributed by atoms with van der Waals surface area (Å²) >= 11 is 0. The monoisotopic (exact) mass is 850 g/mol. The molecule has 66 heavy (non-hydrogen) atoms. The molecular weight excluding hydrogens is 801 g/mol. The van der Waals surface area contributed by atoms with Gasteiger partial charge in [-0.15, -0.1) is 0 Å². The first-order valence-corrected chi connectivity index (χ1v) is 25.3. The molecule has 0 saturated heterocycles. The average Bonchev–Trinajstić information content (AvgIpc) is 3.74. The lowest BCUT2D eigenvalue weighted by Gasteiger charge is -2.38. The molecule has 5 heterocycles. The fourth-order valence-corrected chi connectivity index (χ4v) is 16.7. The lowest BCUT2D eigenvalue weighted by atomic mass is 9.67. The van der Waals surface area contributed by atoms with Crippen LogP contribution < -0.4 is 0 Å². The highest BCUT2D eigenvalue weighted by atomic mass is 15.0. The van der Waals surface area contributed by atoms with E-state index in [0.29, 0.717) is 23.7 Å². The molecule has 4 unspecified atom stereocenters. The summed E-state index contributed by atoms with van der Waals surface area (Å²) in [6.45, 7) is 0. The number of rotatable bonds is 3. The quantitative estimate of drug-likeness (QED) is 0.131. The lowest BCUT2D eigenvalue weighted by Crippen LogP contribution is -2.25. The van der Waals surface area contributed by atoms with Crippen LogP contribution in [0.2, 0.25) is 0 Å². The first-order chi connectivity index (χ1) is 32.7. The van der Waals surface area contributed by atoms with Crippen molar-refractivity contribution in [3.8, 4) is 27.9 Å². The molecule has 318 valence electrons. The van der Waals surface area contributed by atoms with E-state index >= 15 is 0 Å². The second kappa shape index (κ2) is 12.7. The SMILES string of the molecule is c1ccc(-c2cccc(-c3ccccc3)c2-n2c3cccc4cccc(c5cc6c7c8c(ncc7n7c9cnc%10c(c9c(c52)c67)C2CC5CC(CC%10C5)C2)C2CC5CC(C2)CC8C5)c43)cc1. The molecule has 8 bridgehead atoms. The highest BCUT2D eigenvalue weighted by Gasteiger charge is 2.46. The maximum absolute atomic E-state index is 5.69. The molecule has 5 aromatic heterocycles. The van der Waals surface area contributed by atoms with Crippen LogP contribution in [0.15, 0.2) is 134 Å². The van der Waals surface area contributed by atoms with Gasteiger partial charge in [0.2, 0.25) is 0 Å². The van der Waals surface area contributed by atoms with Crippen LogP contribution in [-0.4, -0.2) is 18.9 Å². The summed E-state index contributed by atoms with van der Waals surface area (Å²) in [6.07, 6.45) is 18.0. The number of para-hydroxylation sites is 1. The Balaban J connectivity index is 1.15. The Kier molecular flexibility index (Phi) is 6.86. The van der Waals surface area contributed by atoms with E-state index < -0.39 is 0 Å². The summed E-state index contributed by atoms with van der Waals surface area (Å²) in [7, 11) is 0. The standard InChI is InChI=1S/C62H50N4/c1-3-10-37(11-4-1)44-16-9-17-45(38-12-5-2-6-13-38)60(44)66-49-19-8-15-39-14-7-18-46(52(39)49)47-30-48-55-50(31-63-58-42-26-33-20-34(27-42)23-40(22-33)53(55)58)65-51-32-64-59-43-28-35-21-36(29-43)25-41(24-35)54(59)56(51)57(61(47)66)62(48)65/h1-19,30-36,40-43H,20-29H2. The first-order valence-electron chi connectivity index (χ1n) is 25.3. The molecule has 0 spiro atoms. The number of pyridine rings is 3. The molecule has 4 saturated carbocycles. The van der Waals surface area contributed by atoms with E-state index in [9.17, 15) is 0 Å². The van der Waals surface area contributed by atoms with Crippen molar-refractivity contribution in [2.24, 2.45) is 23.7 Å². The molecule has 0 aliphatic heterocycles. The van der Waals surface area contributed by atoms with Crippen molar-refractivity contribution in [1.29, 1.82) is 0 Å². The molecule has 8 aliphatic rings. The molecular formula is C62H50N4. The van der Waals surface area contributed by atoms with Crippen molar-refractivity contribution in [3.63, 3.8) is 0 Å². The van der Waals surface area contributed by atoms with Crippen molar-refractivity contribution in [2.45, 2.75) is 87.9 Å². The van der Waals surface area contributed by atoms with E-state index in [1.807, 2.05) is 0 Å². The summed E-state index contributed by atoms with van der Waals surface area (Å²) in [6, 6.07) is 46.1. The van der Waals surface area contributed by atoms with E-state index in [1.165, 1.54) is 174 Å². The minimum absolute atomic E-state index is 0.532. The van der Waals surface area contributed by atoms with Crippen LogP contribution in [-0.2, 0) is 0 Å². The number of nitrogens with zero attached hydrogens (tertiary/aromatic N) is 4. The maximum atomic E-state index is 5.69. The highest BCUT2D eigenvalue weighted by Crippen LogP contribution is 2.61. The van der Waals surface area contributed by atoms with Gasteiger partial charge in [0.15, 0.2) is 0 Å². The van der Waals surface area contributed by atoms with E-state index in [0.717, 1.165) is 23.7 Å². The zero-order valence-electron chi connectivity index (χ0n) is 37.2. The van der Waals surface area contributed by atoms with E-state index in [1.54, 1.807) is 11.1 Å². The zero-order chi connectivity index (χ0) is 42.5. The van der Waals surface area contributed by atoms with Gasteiger partial charge in [-0.3, -0.25) is 9.97 Å². The van der Waals surface area contributed by atoms with Gasteiger partial charge in [-0.1, -0.05) is 109 Å². The average molecular weight is 851 g/mol. The fourth-order valence-electron chi connectivity index (χ4n) is 16.7. The van der Waals surface area contributed by atoms with Gasteiger partial charge in [0, 0.05) is 66.7 Å². The Hall–Kier alpha value is -6.52. The van der Waals surface area contributed by atoms with Gasteiger partial charge in [-0.25, -0.2) is 0 Å². The number of hydrogen-bond donors (Lipinski definition) is 0. The molecule has 8 aliphatic carbocycles. The molecule has 4 fully saturated rings. The number of benzene rings is 6. The van der Waals surface area contributed by atoms with E-state index in [4.69, 9.17) is 9.97 Å². The summed E-state index contributed by atoms with van der Waals surface area (Å²) in [5, 5.41) is 11.1. The summed E-state index contributed by atoms with van der Waals surface area (Å²) < 4.78 is 5.45.